The van der Waals surface area contributed by atoms with Gasteiger partial charge < -0.3 is 14.8 Å². The van der Waals surface area contributed by atoms with Gasteiger partial charge in [-0.05, 0) is 55.9 Å². The third-order valence-electron chi connectivity index (χ3n) is 7.09. The first-order chi connectivity index (χ1) is 16.7. The highest BCUT2D eigenvalue weighted by Crippen LogP contribution is 2.26. The molecule has 1 saturated heterocycles. The molecule has 2 aromatic rings. The van der Waals surface area contributed by atoms with Crippen molar-refractivity contribution in [1.82, 2.24) is 15.2 Å². The van der Waals surface area contributed by atoms with E-state index in [-0.39, 0.29) is 11.9 Å². The molecule has 6 nitrogen and oxygen atoms in total. The molecule has 0 bridgehead atoms. The Kier molecular flexibility index (Phi) is 9.34. The number of morpholine rings is 1. The van der Waals surface area contributed by atoms with Crippen LogP contribution in [0.2, 0.25) is 0 Å². The smallest absolute Gasteiger partial charge is 0.226 e. The fraction of sp³-hybridized carbons (Fsp3) is 0.571. The molecule has 2 aliphatic rings. The van der Waals surface area contributed by atoms with Crippen LogP contribution in [0.25, 0.3) is 11.1 Å². The Morgan fingerprint density at radius 2 is 1.82 bits per heavy atom. The van der Waals surface area contributed by atoms with Crippen LogP contribution in [-0.4, -0.2) is 61.3 Å². The SMILES string of the molecule is C[C@H](NC(=O)Cc1ccc(-c2ccc(OCCCN3CCOCC3)cc2)cn1)C1CCCCC1. The first-order valence-electron chi connectivity index (χ1n) is 12.9. The van der Waals surface area contributed by atoms with Crippen LogP contribution >= 0.6 is 0 Å². The van der Waals surface area contributed by atoms with E-state index in [0.29, 0.717) is 18.9 Å². The summed E-state index contributed by atoms with van der Waals surface area (Å²) in [4.78, 5) is 19.4. The van der Waals surface area contributed by atoms with Crippen molar-refractivity contribution in [1.29, 1.82) is 0 Å². The molecule has 2 heterocycles. The molecule has 1 amide bonds. The molecule has 1 aromatic carbocycles. The van der Waals surface area contributed by atoms with Crippen molar-refractivity contribution in [3.05, 3.63) is 48.3 Å². The van der Waals surface area contributed by atoms with E-state index in [9.17, 15) is 4.79 Å². The maximum atomic E-state index is 12.5. The number of rotatable bonds is 10. The monoisotopic (exact) mass is 465 g/mol. The summed E-state index contributed by atoms with van der Waals surface area (Å²) in [6.07, 6.45) is 9.56. The zero-order valence-electron chi connectivity index (χ0n) is 20.5. The van der Waals surface area contributed by atoms with E-state index in [1.54, 1.807) is 0 Å². The summed E-state index contributed by atoms with van der Waals surface area (Å²) in [5, 5.41) is 3.19. The molecule has 1 aliphatic heterocycles. The molecule has 34 heavy (non-hydrogen) atoms. The molecule has 1 N–H and O–H groups in total. The van der Waals surface area contributed by atoms with Crippen LogP contribution < -0.4 is 10.1 Å². The van der Waals surface area contributed by atoms with Crippen molar-refractivity contribution >= 4 is 5.91 Å². The van der Waals surface area contributed by atoms with Crippen molar-refractivity contribution in [2.24, 2.45) is 5.92 Å². The van der Waals surface area contributed by atoms with Gasteiger partial charge in [-0.3, -0.25) is 14.7 Å². The van der Waals surface area contributed by atoms with Crippen LogP contribution in [0, 0.1) is 5.92 Å². The molecule has 0 radical (unpaired) electrons. The van der Waals surface area contributed by atoms with Gasteiger partial charge in [0, 0.05) is 43.1 Å². The molecule has 184 valence electrons. The van der Waals surface area contributed by atoms with Gasteiger partial charge in [0.15, 0.2) is 0 Å². The number of hydrogen-bond donors (Lipinski definition) is 1. The number of benzene rings is 1. The van der Waals surface area contributed by atoms with E-state index in [2.05, 4.69) is 34.3 Å². The van der Waals surface area contributed by atoms with E-state index in [1.807, 2.05) is 30.5 Å². The third kappa shape index (κ3) is 7.54. The Morgan fingerprint density at radius 3 is 2.53 bits per heavy atom. The first kappa shape index (κ1) is 24.7. The molecule has 2 fully saturated rings. The standard InChI is InChI=1S/C28H39N3O3/c1-22(23-6-3-2-4-7-23)30-28(32)20-26-11-8-25(21-29-26)24-9-12-27(13-10-24)34-17-5-14-31-15-18-33-19-16-31/h8-13,21-23H,2-7,14-20H2,1H3,(H,30,32)/t22-/m0/s1. The Balaban J connectivity index is 1.20. The Hall–Kier alpha value is -2.44. The van der Waals surface area contributed by atoms with Crippen molar-refractivity contribution in [2.45, 2.75) is 57.9 Å². The molecule has 4 rings (SSSR count). The number of nitrogens with zero attached hydrogens (tertiary/aromatic N) is 2. The lowest BCUT2D eigenvalue weighted by Crippen LogP contribution is -2.39. The average Bonchev–Trinajstić information content (AvgIpc) is 2.88. The van der Waals surface area contributed by atoms with Gasteiger partial charge in [-0.15, -0.1) is 0 Å². The summed E-state index contributed by atoms with van der Waals surface area (Å²) in [6, 6.07) is 12.4. The van der Waals surface area contributed by atoms with E-state index in [4.69, 9.17) is 9.47 Å². The quantitative estimate of drug-likeness (QED) is 0.524. The van der Waals surface area contributed by atoms with Crippen LogP contribution in [-0.2, 0) is 16.0 Å². The van der Waals surface area contributed by atoms with Gasteiger partial charge in [0.25, 0.3) is 0 Å². The number of carbonyl (C=O) groups excluding carboxylic acids is 1. The van der Waals surface area contributed by atoms with E-state index >= 15 is 0 Å². The number of nitrogens with one attached hydrogen (secondary N) is 1. The molecular formula is C28H39N3O3. The van der Waals surface area contributed by atoms with Crippen molar-refractivity contribution in [2.75, 3.05) is 39.5 Å². The molecule has 1 atom stereocenters. The molecule has 1 aromatic heterocycles. The number of hydrogen-bond acceptors (Lipinski definition) is 5. The molecule has 1 aliphatic carbocycles. The normalized spacial score (nSPS) is 18.4. The fourth-order valence-electron chi connectivity index (χ4n) is 4.97. The highest BCUT2D eigenvalue weighted by molar-refractivity contribution is 5.78. The Bertz CT molecular complexity index is 873. The van der Waals surface area contributed by atoms with Gasteiger partial charge in [-0.2, -0.15) is 0 Å². The van der Waals surface area contributed by atoms with Gasteiger partial charge in [0.2, 0.25) is 5.91 Å². The lowest BCUT2D eigenvalue weighted by Gasteiger charge is -2.28. The van der Waals surface area contributed by atoms with Crippen molar-refractivity contribution in [3.8, 4) is 16.9 Å². The number of aromatic nitrogens is 1. The van der Waals surface area contributed by atoms with Crippen LogP contribution in [0.15, 0.2) is 42.6 Å². The minimum absolute atomic E-state index is 0.0634. The number of ether oxygens (including phenoxy) is 2. The number of amides is 1. The summed E-state index contributed by atoms with van der Waals surface area (Å²) in [7, 11) is 0. The molecule has 0 unspecified atom stereocenters. The molecule has 6 heteroatoms. The minimum Gasteiger partial charge on any atom is -0.494 e. The second-order valence-electron chi connectivity index (χ2n) is 9.65. The van der Waals surface area contributed by atoms with Gasteiger partial charge in [0.1, 0.15) is 5.75 Å². The summed E-state index contributed by atoms with van der Waals surface area (Å²) >= 11 is 0. The highest BCUT2D eigenvalue weighted by Gasteiger charge is 2.21. The second kappa shape index (κ2) is 12.9. The summed E-state index contributed by atoms with van der Waals surface area (Å²) in [5.41, 5.74) is 2.94. The number of pyridine rings is 1. The van der Waals surface area contributed by atoms with Gasteiger partial charge in [-0.25, -0.2) is 0 Å². The van der Waals surface area contributed by atoms with Crippen LogP contribution in [0.1, 0.15) is 51.1 Å². The van der Waals surface area contributed by atoms with Gasteiger partial charge >= 0.3 is 0 Å². The fourth-order valence-corrected chi connectivity index (χ4v) is 4.97. The average molecular weight is 466 g/mol. The van der Waals surface area contributed by atoms with E-state index in [1.165, 1.54) is 32.1 Å². The Morgan fingerprint density at radius 1 is 1.09 bits per heavy atom. The highest BCUT2D eigenvalue weighted by atomic mass is 16.5. The molecule has 0 spiro atoms. The Labute approximate surface area is 204 Å². The zero-order chi connectivity index (χ0) is 23.6. The maximum Gasteiger partial charge on any atom is 0.226 e. The van der Waals surface area contributed by atoms with Crippen molar-refractivity contribution in [3.63, 3.8) is 0 Å². The lowest BCUT2D eigenvalue weighted by atomic mass is 9.84. The van der Waals surface area contributed by atoms with Crippen LogP contribution in [0.3, 0.4) is 0 Å². The minimum atomic E-state index is 0.0634. The summed E-state index contributed by atoms with van der Waals surface area (Å²) < 4.78 is 11.3. The summed E-state index contributed by atoms with van der Waals surface area (Å²) in [5.74, 6) is 1.57. The largest absolute Gasteiger partial charge is 0.494 e. The number of carbonyl (C=O) groups is 1. The van der Waals surface area contributed by atoms with Crippen molar-refractivity contribution < 1.29 is 14.3 Å². The van der Waals surface area contributed by atoms with Gasteiger partial charge in [0.05, 0.1) is 26.2 Å². The summed E-state index contributed by atoms with van der Waals surface area (Å²) in [6.45, 7) is 7.63. The lowest BCUT2D eigenvalue weighted by molar-refractivity contribution is -0.121. The van der Waals surface area contributed by atoms with E-state index < -0.39 is 0 Å². The predicted octanol–water partition coefficient (Wildman–Crippen LogP) is 4.48. The molecule has 1 saturated carbocycles. The third-order valence-corrected chi connectivity index (χ3v) is 7.09. The first-order valence-corrected chi connectivity index (χ1v) is 12.9. The second-order valence-corrected chi connectivity index (χ2v) is 9.65. The van der Waals surface area contributed by atoms with Crippen LogP contribution in [0.4, 0.5) is 0 Å². The van der Waals surface area contributed by atoms with Gasteiger partial charge in [-0.1, -0.05) is 37.5 Å². The topological polar surface area (TPSA) is 63.7 Å². The maximum absolute atomic E-state index is 12.5. The zero-order valence-corrected chi connectivity index (χ0v) is 20.5. The molecular weight excluding hydrogens is 426 g/mol. The van der Waals surface area contributed by atoms with E-state index in [0.717, 1.165) is 61.8 Å². The predicted molar refractivity (Wildman–Crippen MR) is 135 cm³/mol. The van der Waals surface area contributed by atoms with Crippen LogP contribution in [0.5, 0.6) is 5.75 Å².